The molecule has 0 aromatic heterocycles. The molecule has 2 heteroatoms. The minimum atomic E-state index is 0.628. The van der Waals surface area contributed by atoms with Crippen LogP contribution in [0.3, 0.4) is 0 Å². The van der Waals surface area contributed by atoms with Crippen molar-refractivity contribution in [3.8, 4) is 0 Å². The van der Waals surface area contributed by atoms with Crippen LogP contribution in [0.15, 0.2) is 0 Å². The van der Waals surface area contributed by atoms with Gasteiger partial charge in [0.2, 0.25) is 0 Å². The van der Waals surface area contributed by atoms with Crippen molar-refractivity contribution in [2.45, 2.75) is 77.3 Å². The molecule has 0 bridgehead atoms. The lowest BCUT2D eigenvalue weighted by molar-refractivity contribution is 0.110. The molecule has 1 atom stereocenters. The van der Waals surface area contributed by atoms with Crippen LogP contribution in [0.4, 0.5) is 0 Å². The van der Waals surface area contributed by atoms with Gasteiger partial charge in [-0.25, -0.2) is 0 Å². The Morgan fingerprint density at radius 1 is 1.00 bits per heavy atom. The van der Waals surface area contributed by atoms with E-state index in [2.05, 4.69) is 24.1 Å². The minimum absolute atomic E-state index is 0.628. The van der Waals surface area contributed by atoms with Gasteiger partial charge in [-0.1, -0.05) is 39.5 Å². The Morgan fingerprint density at radius 2 is 1.72 bits per heavy atom. The van der Waals surface area contributed by atoms with E-state index in [0.717, 1.165) is 12.0 Å². The Morgan fingerprint density at radius 3 is 2.44 bits per heavy atom. The van der Waals surface area contributed by atoms with Gasteiger partial charge in [-0.05, 0) is 38.1 Å². The van der Waals surface area contributed by atoms with Crippen LogP contribution >= 0.6 is 0 Å². The average molecular weight is 252 g/mol. The van der Waals surface area contributed by atoms with Gasteiger partial charge in [0.25, 0.3) is 0 Å². The fourth-order valence-electron chi connectivity index (χ4n) is 3.60. The summed E-state index contributed by atoms with van der Waals surface area (Å²) in [6.45, 7) is 8.44. The van der Waals surface area contributed by atoms with E-state index in [1.54, 1.807) is 0 Å². The molecule has 1 heterocycles. The van der Waals surface area contributed by atoms with Crippen LogP contribution in [0.1, 0.15) is 65.2 Å². The van der Waals surface area contributed by atoms with Crippen LogP contribution in [-0.2, 0) is 0 Å². The summed E-state index contributed by atoms with van der Waals surface area (Å²) < 4.78 is 0. The second kappa shape index (κ2) is 7.49. The van der Waals surface area contributed by atoms with Gasteiger partial charge in [-0.2, -0.15) is 0 Å². The molecular formula is C16H32N2. The molecule has 0 aromatic rings. The Labute approximate surface area is 114 Å². The zero-order valence-electron chi connectivity index (χ0n) is 12.5. The summed E-state index contributed by atoms with van der Waals surface area (Å²) in [6, 6.07) is 1.44. The molecule has 1 aliphatic carbocycles. The maximum atomic E-state index is 3.64. The molecule has 1 N–H and O–H groups in total. The van der Waals surface area contributed by atoms with Crippen LogP contribution in [-0.4, -0.2) is 36.6 Å². The molecule has 2 aliphatic rings. The van der Waals surface area contributed by atoms with Crippen molar-refractivity contribution in [3.05, 3.63) is 0 Å². The zero-order chi connectivity index (χ0) is 12.8. The molecule has 1 saturated carbocycles. The third-order valence-electron chi connectivity index (χ3n) is 4.73. The number of nitrogens with zero attached hydrogens (tertiary/aromatic N) is 1. The Bertz CT molecular complexity index is 221. The Hall–Kier alpha value is -0.0800. The van der Waals surface area contributed by atoms with Crippen molar-refractivity contribution in [1.29, 1.82) is 0 Å². The number of nitrogens with one attached hydrogen (secondary N) is 1. The summed E-state index contributed by atoms with van der Waals surface area (Å²) in [5.41, 5.74) is 0. The van der Waals surface area contributed by atoms with Crippen LogP contribution < -0.4 is 5.32 Å². The first-order valence-corrected chi connectivity index (χ1v) is 8.23. The lowest BCUT2D eigenvalue weighted by Gasteiger charge is -2.39. The fourth-order valence-corrected chi connectivity index (χ4v) is 3.60. The van der Waals surface area contributed by atoms with Crippen LogP contribution in [0.2, 0.25) is 0 Å². The molecule has 1 saturated heterocycles. The molecule has 2 fully saturated rings. The molecule has 0 aromatic carbocycles. The third kappa shape index (κ3) is 4.55. The van der Waals surface area contributed by atoms with E-state index < -0.39 is 0 Å². The highest BCUT2D eigenvalue weighted by atomic mass is 15.2. The maximum absolute atomic E-state index is 3.64. The Balaban J connectivity index is 1.78. The summed E-state index contributed by atoms with van der Waals surface area (Å²) in [6.07, 6.45) is 11.7. The molecule has 0 radical (unpaired) electrons. The van der Waals surface area contributed by atoms with E-state index in [-0.39, 0.29) is 0 Å². The standard InChI is InChI=1S/C16H32N2/c1-14(2)17-12-16-10-6-7-11-18(16)13-15-8-4-3-5-9-15/h14-17H,3-13H2,1-2H3. The monoisotopic (exact) mass is 252 g/mol. The second-order valence-electron chi connectivity index (χ2n) is 6.71. The largest absolute Gasteiger partial charge is 0.313 e. The van der Waals surface area contributed by atoms with Crippen LogP contribution in [0, 0.1) is 5.92 Å². The predicted octanol–water partition coefficient (Wildman–Crippen LogP) is 3.42. The number of likely N-dealkylation sites (tertiary alicyclic amines) is 1. The van der Waals surface area contributed by atoms with Crippen LogP contribution in [0.25, 0.3) is 0 Å². The lowest BCUT2D eigenvalue weighted by Crippen LogP contribution is -2.48. The summed E-state index contributed by atoms with van der Waals surface area (Å²) in [5, 5.41) is 3.64. The van der Waals surface area contributed by atoms with Crippen molar-refractivity contribution in [2.24, 2.45) is 5.92 Å². The van der Waals surface area contributed by atoms with Crippen molar-refractivity contribution in [2.75, 3.05) is 19.6 Å². The topological polar surface area (TPSA) is 15.3 Å². The van der Waals surface area contributed by atoms with Gasteiger partial charge >= 0.3 is 0 Å². The maximum Gasteiger partial charge on any atom is 0.0220 e. The first-order chi connectivity index (χ1) is 8.75. The quantitative estimate of drug-likeness (QED) is 0.806. The van der Waals surface area contributed by atoms with Crippen molar-refractivity contribution in [3.63, 3.8) is 0 Å². The summed E-state index contributed by atoms with van der Waals surface area (Å²) >= 11 is 0. The molecule has 0 spiro atoms. The summed E-state index contributed by atoms with van der Waals surface area (Å²) in [4.78, 5) is 2.80. The SMILES string of the molecule is CC(C)NCC1CCCCN1CC1CCCCC1. The second-order valence-corrected chi connectivity index (χ2v) is 6.71. The highest BCUT2D eigenvalue weighted by molar-refractivity contribution is 4.82. The third-order valence-corrected chi connectivity index (χ3v) is 4.73. The first kappa shape index (κ1) is 14.3. The van der Waals surface area contributed by atoms with E-state index in [0.29, 0.717) is 6.04 Å². The van der Waals surface area contributed by atoms with Gasteiger partial charge < -0.3 is 5.32 Å². The summed E-state index contributed by atoms with van der Waals surface area (Å²) in [5.74, 6) is 0.999. The van der Waals surface area contributed by atoms with Gasteiger partial charge in [-0.15, -0.1) is 0 Å². The van der Waals surface area contributed by atoms with E-state index >= 15 is 0 Å². The van der Waals surface area contributed by atoms with Gasteiger partial charge in [0.1, 0.15) is 0 Å². The molecule has 0 amide bonds. The molecular weight excluding hydrogens is 220 g/mol. The lowest BCUT2D eigenvalue weighted by atomic mass is 9.88. The van der Waals surface area contributed by atoms with E-state index in [4.69, 9.17) is 0 Å². The van der Waals surface area contributed by atoms with Gasteiger partial charge in [-0.3, -0.25) is 4.90 Å². The molecule has 1 unspecified atom stereocenters. The number of piperidine rings is 1. The molecule has 2 rings (SSSR count). The van der Waals surface area contributed by atoms with E-state index in [1.807, 2.05) is 0 Å². The highest BCUT2D eigenvalue weighted by Crippen LogP contribution is 2.27. The van der Waals surface area contributed by atoms with Gasteiger partial charge in [0.05, 0.1) is 0 Å². The Kier molecular flexibility index (Phi) is 5.97. The fraction of sp³-hybridized carbons (Fsp3) is 1.00. The van der Waals surface area contributed by atoms with E-state index in [9.17, 15) is 0 Å². The molecule has 1 aliphatic heterocycles. The zero-order valence-corrected chi connectivity index (χ0v) is 12.5. The first-order valence-electron chi connectivity index (χ1n) is 8.23. The van der Waals surface area contributed by atoms with Crippen LogP contribution in [0.5, 0.6) is 0 Å². The highest BCUT2D eigenvalue weighted by Gasteiger charge is 2.25. The predicted molar refractivity (Wildman–Crippen MR) is 78.9 cm³/mol. The van der Waals surface area contributed by atoms with Crippen molar-refractivity contribution < 1.29 is 0 Å². The molecule has 106 valence electrons. The summed E-state index contributed by atoms with van der Waals surface area (Å²) in [7, 11) is 0. The average Bonchev–Trinajstić information content (AvgIpc) is 2.39. The number of hydrogen-bond donors (Lipinski definition) is 1. The minimum Gasteiger partial charge on any atom is -0.313 e. The van der Waals surface area contributed by atoms with E-state index in [1.165, 1.54) is 71.0 Å². The van der Waals surface area contributed by atoms with Crippen molar-refractivity contribution in [1.82, 2.24) is 10.2 Å². The normalized spacial score (nSPS) is 27.8. The number of rotatable bonds is 5. The van der Waals surface area contributed by atoms with Gasteiger partial charge in [0.15, 0.2) is 0 Å². The van der Waals surface area contributed by atoms with Gasteiger partial charge in [0, 0.05) is 25.2 Å². The molecule has 2 nitrogen and oxygen atoms in total. The molecule has 18 heavy (non-hydrogen) atoms. The smallest absolute Gasteiger partial charge is 0.0220 e. The number of hydrogen-bond acceptors (Lipinski definition) is 2. The van der Waals surface area contributed by atoms with Crippen molar-refractivity contribution >= 4 is 0 Å².